The minimum Gasteiger partial charge on any atom is -0.504 e. The van der Waals surface area contributed by atoms with Gasteiger partial charge in [-0.15, -0.1) is 0 Å². The van der Waals surface area contributed by atoms with Crippen molar-refractivity contribution in [3.63, 3.8) is 0 Å². The molecule has 0 atom stereocenters. The van der Waals surface area contributed by atoms with Crippen LogP contribution in [0.4, 0.5) is 0 Å². The van der Waals surface area contributed by atoms with Gasteiger partial charge in [0.2, 0.25) is 0 Å². The zero-order valence-electron chi connectivity index (χ0n) is 14.1. The van der Waals surface area contributed by atoms with E-state index in [1.165, 1.54) is 12.1 Å². The second-order valence-corrected chi connectivity index (χ2v) is 7.50. The molecule has 1 aromatic carbocycles. The molecule has 1 rings (SSSR count). The molecule has 0 aromatic heterocycles. The summed E-state index contributed by atoms with van der Waals surface area (Å²) < 4.78 is 0. The molecule has 0 radical (unpaired) electrons. The van der Waals surface area contributed by atoms with Gasteiger partial charge in [-0.05, 0) is 41.4 Å². The first-order valence-corrected chi connectivity index (χ1v) is 7.25. The summed E-state index contributed by atoms with van der Waals surface area (Å²) in [6.45, 7) is 12.8. The van der Waals surface area contributed by atoms with Crippen LogP contribution in [0.3, 0.4) is 0 Å². The van der Waals surface area contributed by atoms with Gasteiger partial charge in [-0.2, -0.15) is 0 Å². The van der Waals surface area contributed by atoms with E-state index in [1.807, 2.05) is 20.8 Å². The molecule has 0 unspecified atom stereocenters. The quantitative estimate of drug-likeness (QED) is 0.509. The van der Waals surface area contributed by atoms with Crippen molar-refractivity contribution in [3.8, 4) is 17.2 Å². The van der Waals surface area contributed by atoms with Gasteiger partial charge in [-0.25, -0.2) is 0 Å². The largest absolute Gasteiger partial charge is 0.504 e. The van der Waals surface area contributed by atoms with Gasteiger partial charge in [0.15, 0.2) is 17.2 Å². The van der Waals surface area contributed by atoms with Crippen molar-refractivity contribution >= 4 is 0 Å². The van der Waals surface area contributed by atoms with Gasteiger partial charge in [0, 0.05) is 6.61 Å². The van der Waals surface area contributed by atoms with Crippen LogP contribution in [-0.4, -0.2) is 27.0 Å². The van der Waals surface area contributed by atoms with Crippen molar-refractivity contribution in [2.24, 2.45) is 5.41 Å². The molecule has 4 N–H and O–H groups in total. The number of hydrogen-bond acceptors (Lipinski definition) is 4. The molecule has 0 heterocycles. The van der Waals surface area contributed by atoms with E-state index in [9.17, 15) is 10.2 Å². The average Bonchev–Trinajstić information content (AvgIpc) is 2.31. The van der Waals surface area contributed by atoms with Gasteiger partial charge in [0.1, 0.15) is 0 Å². The van der Waals surface area contributed by atoms with Crippen molar-refractivity contribution in [3.05, 3.63) is 17.7 Å². The third-order valence-electron chi connectivity index (χ3n) is 3.02. The van der Waals surface area contributed by atoms with E-state index >= 15 is 0 Å². The fourth-order valence-corrected chi connectivity index (χ4v) is 1.65. The molecular formula is C20H42O4. The SMILES string of the molecule is C.C.C.CC(C)(C)CCCO.CC(C)(C)c1cc(O)c(O)c(O)c1. The molecule has 0 aliphatic carbocycles. The van der Waals surface area contributed by atoms with E-state index in [2.05, 4.69) is 20.8 Å². The fourth-order valence-electron chi connectivity index (χ4n) is 1.65. The lowest BCUT2D eigenvalue weighted by Crippen LogP contribution is -2.10. The van der Waals surface area contributed by atoms with Crippen LogP contribution in [0.5, 0.6) is 17.2 Å². The first-order valence-electron chi connectivity index (χ1n) is 7.25. The molecule has 24 heavy (non-hydrogen) atoms. The maximum atomic E-state index is 9.23. The first-order chi connectivity index (χ1) is 9.38. The highest BCUT2D eigenvalue weighted by atomic mass is 16.3. The number of phenolic OH excluding ortho intramolecular Hbond substituents is 3. The summed E-state index contributed by atoms with van der Waals surface area (Å²) in [7, 11) is 0. The predicted molar refractivity (Wildman–Crippen MR) is 106 cm³/mol. The van der Waals surface area contributed by atoms with E-state index in [-0.39, 0.29) is 39.2 Å². The monoisotopic (exact) mass is 346 g/mol. The Morgan fingerprint density at radius 2 is 1.17 bits per heavy atom. The second kappa shape index (κ2) is 12.0. The van der Waals surface area contributed by atoms with Crippen molar-refractivity contribution < 1.29 is 20.4 Å². The summed E-state index contributed by atoms with van der Waals surface area (Å²) in [5, 5.41) is 36.0. The van der Waals surface area contributed by atoms with Crippen LogP contribution in [0.1, 0.15) is 82.2 Å². The topological polar surface area (TPSA) is 80.9 Å². The normalized spacial score (nSPS) is 10.3. The van der Waals surface area contributed by atoms with E-state index in [0.29, 0.717) is 12.0 Å². The maximum Gasteiger partial charge on any atom is 0.200 e. The molecule has 0 amide bonds. The molecule has 0 saturated carbocycles. The summed E-state index contributed by atoms with van der Waals surface area (Å²) in [5.41, 5.74) is 1.01. The van der Waals surface area contributed by atoms with E-state index in [4.69, 9.17) is 10.2 Å². The van der Waals surface area contributed by atoms with Crippen molar-refractivity contribution in [2.45, 2.75) is 82.1 Å². The smallest absolute Gasteiger partial charge is 0.200 e. The summed E-state index contributed by atoms with van der Waals surface area (Å²) in [6, 6.07) is 2.91. The molecule has 146 valence electrons. The van der Waals surface area contributed by atoms with Crippen LogP contribution < -0.4 is 0 Å². The number of hydrogen-bond donors (Lipinski definition) is 4. The van der Waals surface area contributed by atoms with Crippen molar-refractivity contribution in [2.75, 3.05) is 6.61 Å². The van der Waals surface area contributed by atoms with E-state index in [0.717, 1.165) is 18.4 Å². The lowest BCUT2D eigenvalue weighted by atomic mass is 9.87. The first kappa shape index (κ1) is 30.5. The van der Waals surface area contributed by atoms with Gasteiger partial charge in [0.25, 0.3) is 0 Å². The van der Waals surface area contributed by atoms with Crippen LogP contribution in [0.25, 0.3) is 0 Å². The minimum absolute atomic E-state index is 0. The Kier molecular flexibility index (Phi) is 15.3. The number of phenols is 3. The van der Waals surface area contributed by atoms with Gasteiger partial charge >= 0.3 is 0 Å². The maximum absolute atomic E-state index is 9.23. The van der Waals surface area contributed by atoms with Crippen LogP contribution in [-0.2, 0) is 5.41 Å². The van der Waals surface area contributed by atoms with Crippen LogP contribution in [0, 0.1) is 5.41 Å². The van der Waals surface area contributed by atoms with Crippen LogP contribution >= 0.6 is 0 Å². The zero-order chi connectivity index (χ0) is 16.8. The Labute approximate surface area is 150 Å². The summed E-state index contributed by atoms with van der Waals surface area (Å²) in [6.07, 6.45) is 2.05. The molecule has 4 heteroatoms. The summed E-state index contributed by atoms with van der Waals surface area (Å²) in [5.74, 6) is -1.04. The molecule has 0 aliphatic heterocycles. The lowest BCUT2D eigenvalue weighted by molar-refractivity contribution is 0.251. The highest BCUT2D eigenvalue weighted by molar-refractivity contribution is 5.52. The molecule has 0 bridgehead atoms. The highest BCUT2D eigenvalue weighted by Crippen LogP contribution is 2.38. The number of aromatic hydroxyl groups is 3. The Bertz CT molecular complexity index is 417. The second-order valence-electron chi connectivity index (χ2n) is 7.50. The third kappa shape index (κ3) is 12.1. The molecule has 0 fully saturated rings. The van der Waals surface area contributed by atoms with E-state index < -0.39 is 5.75 Å². The number of aliphatic hydroxyl groups is 1. The lowest BCUT2D eigenvalue weighted by Gasteiger charge is -2.19. The van der Waals surface area contributed by atoms with Crippen LogP contribution in [0.2, 0.25) is 0 Å². The Morgan fingerprint density at radius 3 is 1.38 bits per heavy atom. The molecular weight excluding hydrogens is 304 g/mol. The van der Waals surface area contributed by atoms with Gasteiger partial charge in [-0.3, -0.25) is 0 Å². The fraction of sp³-hybridized carbons (Fsp3) is 0.700. The highest BCUT2D eigenvalue weighted by Gasteiger charge is 2.17. The number of aliphatic hydroxyl groups excluding tert-OH is 1. The summed E-state index contributed by atoms with van der Waals surface area (Å²) in [4.78, 5) is 0. The van der Waals surface area contributed by atoms with Gasteiger partial charge < -0.3 is 20.4 Å². The van der Waals surface area contributed by atoms with Gasteiger partial charge in [-0.1, -0.05) is 63.8 Å². The summed E-state index contributed by atoms with van der Waals surface area (Å²) >= 11 is 0. The van der Waals surface area contributed by atoms with Crippen LogP contribution in [0.15, 0.2) is 12.1 Å². The standard InChI is InChI=1S/C10H14O3.C7H16O.3CH4/c1-10(2,3)6-4-7(11)9(13)8(12)5-6;1-7(2,3)5-4-6-8;;;/h4-5,11-13H,1-3H3;8H,4-6H2,1-3H3;3*1H4. The molecule has 4 nitrogen and oxygen atoms in total. The van der Waals surface area contributed by atoms with E-state index in [1.54, 1.807) is 0 Å². The van der Waals surface area contributed by atoms with Gasteiger partial charge in [0.05, 0.1) is 0 Å². The Hall–Kier alpha value is -1.42. The number of benzene rings is 1. The Morgan fingerprint density at radius 1 is 0.792 bits per heavy atom. The van der Waals surface area contributed by atoms with Crippen molar-refractivity contribution in [1.29, 1.82) is 0 Å². The third-order valence-corrected chi connectivity index (χ3v) is 3.02. The average molecular weight is 347 g/mol. The molecule has 0 spiro atoms. The molecule has 0 aliphatic rings. The Balaban J connectivity index is -0.000000162. The number of rotatable bonds is 2. The molecule has 1 aromatic rings. The van der Waals surface area contributed by atoms with Crippen molar-refractivity contribution in [1.82, 2.24) is 0 Å². The minimum atomic E-state index is -0.465. The zero-order valence-corrected chi connectivity index (χ0v) is 14.1. The molecule has 0 saturated heterocycles. The predicted octanol–water partition coefficient (Wildman–Crippen LogP) is 5.81.